The van der Waals surface area contributed by atoms with Gasteiger partial charge in [-0.05, 0) is 18.2 Å². The maximum absolute atomic E-state index is 12.9. The Morgan fingerprint density at radius 1 is 1.41 bits per heavy atom. The second kappa shape index (κ2) is 5.22. The maximum atomic E-state index is 12.9. The molecule has 0 bridgehead atoms. The molecule has 0 unspecified atom stereocenters. The summed E-state index contributed by atoms with van der Waals surface area (Å²) in [7, 11) is 0. The lowest BCUT2D eigenvalue weighted by atomic mass is 10.3. The zero-order valence-electron chi connectivity index (χ0n) is 8.15. The first-order valence-electron chi connectivity index (χ1n) is 4.23. The Morgan fingerprint density at radius 3 is 2.59 bits per heavy atom. The summed E-state index contributed by atoms with van der Waals surface area (Å²) in [6.07, 6.45) is -5.94. The normalized spacial score (nSPS) is 11.1. The summed E-state index contributed by atoms with van der Waals surface area (Å²) in [6.45, 7) is -1.71. The van der Waals surface area contributed by atoms with Gasteiger partial charge in [0, 0.05) is 5.69 Å². The van der Waals surface area contributed by atoms with E-state index in [-0.39, 0.29) is 10.7 Å². The molecule has 1 N–H and O–H groups in total. The lowest BCUT2D eigenvalue weighted by Crippen LogP contribution is -2.23. The van der Waals surface area contributed by atoms with E-state index in [2.05, 4.69) is 4.74 Å². The number of alkyl halides is 3. The smallest absolute Gasteiger partial charge is 0.422 e. The average molecular weight is 272 g/mol. The van der Waals surface area contributed by atoms with Crippen LogP contribution in [0, 0.1) is 5.82 Å². The number of nitrogens with one attached hydrogen (secondary N) is 1. The lowest BCUT2D eigenvalue weighted by Gasteiger charge is -2.09. The van der Waals surface area contributed by atoms with Crippen molar-refractivity contribution in [3.63, 3.8) is 0 Å². The number of ether oxygens (including phenoxy) is 1. The van der Waals surface area contributed by atoms with Crippen LogP contribution in [-0.2, 0) is 4.74 Å². The molecule has 0 aromatic heterocycles. The zero-order valence-corrected chi connectivity index (χ0v) is 8.90. The minimum absolute atomic E-state index is 0.0564. The van der Waals surface area contributed by atoms with Gasteiger partial charge in [0.05, 0.1) is 5.02 Å². The molecule has 0 atom stereocenters. The highest BCUT2D eigenvalue weighted by Gasteiger charge is 2.29. The molecule has 0 fully saturated rings. The van der Waals surface area contributed by atoms with Crippen molar-refractivity contribution in [1.82, 2.24) is 0 Å². The summed E-state index contributed by atoms with van der Waals surface area (Å²) in [5, 5.41) is 1.76. The summed E-state index contributed by atoms with van der Waals surface area (Å²) in [5.74, 6) is -0.805. The molecule has 17 heavy (non-hydrogen) atoms. The Morgan fingerprint density at radius 2 is 2.06 bits per heavy atom. The van der Waals surface area contributed by atoms with Gasteiger partial charge in [0.15, 0.2) is 6.61 Å². The number of benzene rings is 1. The third-order valence-electron chi connectivity index (χ3n) is 1.53. The van der Waals surface area contributed by atoms with Crippen LogP contribution in [0.15, 0.2) is 18.2 Å². The van der Waals surface area contributed by atoms with Gasteiger partial charge >= 0.3 is 12.3 Å². The molecule has 0 saturated carbocycles. The highest BCUT2D eigenvalue weighted by atomic mass is 35.5. The number of hydrogen-bond donors (Lipinski definition) is 1. The first-order chi connectivity index (χ1) is 7.78. The lowest BCUT2D eigenvalue weighted by molar-refractivity contribution is -0.159. The predicted molar refractivity (Wildman–Crippen MR) is 52.4 cm³/mol. The Bertz CT molecular complexity index is 422. The fourth-order valence-electron chi connectivity index (χ4n) is 0.875. The zero-order chi connectivity index (χ0) is 13.1. The average Bonchev–Trinajstić information content (AvgIpc) is 2.20. The van der Waals surface area contributed by atoms with E-state index in [1.54, 1.807) is 0 Å². The molecule has 1 aromatic carbocycles. The van der Waals surface area contributed by atoms with Crippen LogP contribution < -0.4 is 5.32 Å². The van der Waals surface area contributed by atoms with Crippen LogP contribution in [0.1, 0.15) is 0 Å². The van der Waals surface area contributed by atoms with E-state index in [1.807, 2.05) is 5.32 Å². The Balaban J connectivity index is 2.54. The highest BCUT2D eigenvalue weighted by molar-refractivity contribution is 6.30. The van der Waals surface area contributed by atoms with Crippen molar-refractivity contribution in [2.24, 2.45) is 0 Å². The number of hydrogen-bond acceptors (Lipinski definition) is 2. The molecule has 3 nitrogen and oxygen atoms in total. The van der Waals surface area contributed by atoms with Crippen molar-refractivity contribution in [3.8, 4) is 0 Å². The topological polar surface area (TPSA) is 38.3 Å². The SMILES string of the molecule is O=C(Nc1ccc(Cl)c(F)c1)OCC(F)(F)F. The van der Waals surface area contributed by atoms with Crippen molar-refractivity contribution >= 4 is 23.4 Å². The molecular formula is C9H6ClF4NO2. The quantitative estimate of drug-likeness (QED) is 0.835. The van der Waals surface area contributed by atoms with E-state index in [0.717, 1.165) is 12.1 Å². The standard InChI is InChI=1S/C9H6ClF4NO2/c10-6-2-1-5(3-7(6)11)15-8(16)17-4-9(12,13)14/h1-3H,4H2,(H,15,16). The van der Waals surface area contributed by atoms with Crippen LogP contribution in [0.4, 0.5) is 28.0 Å². The number of anilines is 1. The van der Waals surface area contributed by atoms with Gasteiger partial charge in [0.25, 0.3) is 0 Å². The van der Waals surface area contributed by atoms with Crippen molar-refractivity contribution in [2.75, 3.05) is 11.9 Å². The number of halogens is 5. The monoisotopic (exact) mass is 271 g/mol. The van der Waals surface area contributed by atoms with Crippen LogP contribution in [-0.4, -0.2) is 18.9 Å². The summed E-state index contributed by atoms with van der Waals surface area (Å²) < 4.78 is 51.8. The molecule has 0 aliphatic rings. The molecule has 94 valence electrons. The minimum Gasteiger partial charge on any atom is -0.440 e. The second-order valence-electron chi connectivity index (χ2n) is 2.95. The third kappa shape index (κ3) is 4.90. The molecule has 1 amide bonds. The number of rotatable bonds is 2. The molecule has 8 heteroatoms. The Labute approximate surface area is 98.3 Å². The van der Waals surface area contributed by atoms with Crippen LogP contribution in [0.2, 0.25) is 5.02 Å². The van der Waals surface area contributed by atoms with Crippen LogP contribution in [0.25, 0.3) is 0 Å². The second-order valence-corrected chi connectivity index (χ2v) is 3.35. The molecule has 0 saturated heterocycles. The van der Waals surface area contributed by atoms with E-state index in [4.69, 9.17) is 11.6 Å². The van der Waals surface area contributed by atoms with Crippen molar-refractivity contribution in [3.05, 3.63) is 29.0 Å². The molecule has 0 radical (unpaired) electrons. The van der Waals surface area contributed by atoms with E-state index in [0.29, 0.717) is 0 Å². The Kier molecular flexibility index (Phi) is 4.17. The van der Waals surface area contributed by atoms with Gasteiger partial charge in [-0.25, -0.2) is 9.18 Å². The van der Waals surface area contributed by atoms with Gasteiger partial charge in [-0.1, -0.05) is 11.6 Å². The molecule has 0 aliphatic heterocycles. The summed E-state index contributed by atoms with van der Waals surface area (Å²) in [5.41, 5.74) is -0.0564. The van der Waals surface area contributed by atoms with E-state index < -0.39 is 24.7 Å². The molecule has 1 rings (SSSR count). The van der Waals surface area contributed by atoms with Gasteiger partial charge in [-0.3, -0.25) is 5.32 Å². The highest BCUT2D eigenvalue weighted by Crippen LogP contribution is 2.19. The van der Waals surface area contributed by atoms with E-state index in [9.17, 15) is 22.4 Å². The Hall–Kier alpha value is -1.50. The van der Waals surface area contributed by atoms with Crippen molar-refractivity contribution in [1.29, 1.82) is 0 Å². The van der Waals surface area contributed by atoms with E-state index in [1.165, 1.54) is 6.07 Å². The number of carbonyl (C=O) groups excluding carboxylic acids is 1. The van der Waals surface area contributed by atoms with Crippen LogP contribution in [0.3, 0.4) is 0 Å². The molecule has 0 aliphatic carbocycles. The number of amides is 1. The first-order valence-corrected chi connectivity index (χ1v) is 4.61. The minimum atomic E-state index is -4.61. The van der Waals surface area contributed by atoms with Crippen molar-refractivity contribution in [2.45, 2.75) is 6.18 Å². The number of carbonyl (C=O) groups is 1. The third-order valence-corrected chi connectivity index (χ3v) is 1.84. The maximum Gasteiger partial charge on any atom is 0.422 e. The molecule has 0 spiro atoms. The molecular weight excluding hydrogens is 266 g/mol. The summed E-state index contributed by atoms with van der Waals surface area (Å²) in [4.78, 5) is 10.9. The van der Waals surface area contributed by atoms with E-state index >= 15 is 0 Å². The fourth-order valence-corrected chi connectivity index (χ4v) is 0.993. The van der Waals surface area contributed by atoms with Gasteiger partial charge in [0.2, 0.25) is 0 Å². The molecule has 0 heterocycles. The summed E-state index contributed by atoms with van der Waals surface area (Å²) in [6, 6.07) is 3.23. The fraction of sp³-hybridized carbons (Fsp3) is 0.222. The van der Waals surface area contributed by atoms with Crippen LogP contribution in [0.5, 0.6) is 0 Å². The van der Waals surface area contributed by atoms with Crippen LogP contribution >= 0.6 is 11.6 Å². The first kappa shape index (κ1) is 13.6. The van der Waals surface area contributed by atoms with Gasteiger partial charge in [-0.15, -0.1) is 0 Å². The van der Waals surface area contributed by atoms with Crippen molar-refractivity contribution < 1.29 is 27.1 Å². The largest absolute Gasteiger partial charge is 0.440 e. The summed E-state index contributed by atoms with van der Waals surface area (Å²) >= 11 is 5.37. The van der Waals surface area contributed by atoms with Gasteiger partial charge in [-0.2, -0.15) is 13.2 Å². The molecule has 1 aromatic rings. The predicted octanol–water partition coefficient (Wildman–Crippen LogP) is 3.59. The van der Waals surface area contributed by atoms with Gasteiger partial charge in [0.1, 0.15) is 5.82 Å². The van der Waals surface area contributed by atoms with Gasteiger partial charge < -0.3 is 4.74 Å².